The molecule has 0 atom stereocenters. The van der Waals surface area contributed by atoms with Gasteiger partial charge in [-0.05, 0) is 31.0 Å². The molecule has 1 aromatic heterocycles. The van der Waals surface area contributed by atoms with Gasteiger partial charge < -0.3 is 0 Å². The number of fused-ring (bicyclic) bond motifs is 1. The van der Waals surface area contributed by atoms with E-state index in [9.17, 15) is 18.0 Å². The van der Waals surface area contributed by atoms with Gasteiger partial charge in [-0.3, -0.25) is 9.36 Å². The fourth-order valence-electron chi connectivity index (χ4n) is 2.03. The molecule has 102 valence electrons. The minimum atomic E-state index is -4.43. The number of aromatic nitrogens is 2. The number of halogens is 3. The Labute approximate surface area is 107 Å². The summed E-state index contributed by atoms with van der Waals surface area (Å²) in [6.45, 7) is 3.21. The predicted molar refractivity (Wildman–Crippen MR) is 66.1 cm³/mol. The summed E-state index contributed by atoms with van der Waals surface area (Å²) in [6, 6.07) is 2.26. The third-order valence-corrected chi connectivity index (χ3v) is 3.21. The first-order valence-corrected chi connectivity index (χ1v) is 5.83. The van der Waals surface area contributed by atoms with Crippen LogP contribution in [0.3, 0.4) is 0 Å². The van der Waals surface area contributed by atoms with Crippen molar-refractivity contribution < 1.29 is 13.2 Å². The Morgan fingerprint density at radius 1 is 1.32 bits per heavy atom. The Hall–Kier alpha value is -1.85. The van der Waals surface area contributed by atoms with Crippen LogP contribution in [0.15, 0.2) is 16.9 Å². The maximum atomic E-state index is 12.9. The highest BCUT2D eigenvalue weighted by atomic mass is 19.4. The van der Waals surface area contributed by atoms with Crippen molar-refractivity contribution in [2.24, 2.45) is 7.05 Å². The average Bonchev–Trinajstić information content (AvgIpc) is 2.34. The summed E-state index contributed by atoms with van der Waals surface area (Å²) in [5, 5.41) is 0.220. The molecule has 0 aliphatic heterocycles. The van der Waals surface area contributed by atoms with Crippen molar-refractivity contribution in [2.45, 2.75) is 26.4 Å². The average molecular weight is 270 g/mol. The van der Waals surface area contributed by atoms with Crippen LogP contribution in [0.1, 0.15) is 23.9 Å². The summed E-state index contributed by atoms with van der Waals surface area (Å²) in [7, 11) is 1.55. The number of hydrogen-bond acceptors (Lipinski definition) is 2. The summed E-state index contributed by atoms with van der Waals surface area (Å²) in [6.07, 6.45) is -4.22. The lowest BCUT2D eigenvalue weighted by atomic mass is 10.0. The molecule has 1 aromatic carbocycles. The Balaban J connectivity index is 2.90. The highest BCUT2D eigenvalue weighted by Gasteiger charge is 2.33. The predicted octanol–water partition coefficient (Wildman–Crippen LogP) is 2.82. The maximum absolute atomic E-state index is 12.9. The van der Waals surface area contributed by atoms with Crippen molar-refractivity contribution in [1.29, 1.82) is 0 Å². The van der Waals surface area contributed by atoms with Crippen LogP contribution < -0.4 is 5.56 Å². The number of hydrogen-bond donors (Lipinski definition) is 0. The molecule has 1 heterocycles. The van der Waals surface area contributed by atoms with Crippen LogP contribution >= 0.6 is 0 Å². The molecule has 0 saturated heterocycles. The minimum absolute atomic E-state index is 0.0881. The first-order valence-electron chi connectivity index (χ1n) is 5.83. The fourth-order valence-corrected chi connectivity index (χ4v) is 2.03. The number of benzene rings is 1. The molecule has 3 nitrogen and oxygen atoms in total. The molecular weight excluding hydrogens is 257 g/mol. The molecule has 0 aliphatic rings. The molecule has 0 amide bonds. The van der Waals surface area contributed by atoms with Crippen LogP contribution in [0.5, 0.6) is 0 Å². The second-order valence-corrected chi connectivity index (χ2v) is 4.40. The summed E-state index contributed by atoms with van der Waals surface area (Å²) in [5.41, 5.74) is -0.846. The zero-order valence-electron chi connectivity index (χ0n) is 10.8. The Bertz CT molecular complexity index is 702. The first-order chi connectivity index (χ1) is 8.75. The molecule has 0 spiro atoms. The summed E-state index contributed by atoms with van der Waals surface area (Å²) >= 11 is 0. The molecular formula is C13H13F3N2O. The van der Waals surface area contributed by atoms with Crippen LogP contribution in [-0.2, 0) is 19.6 Å². The molecule has 0 N–H and O–H groups in total. The van der Waals surface area contributed by atoms with Crippen molar-refractivity contribution >= 4 is 10.9 Å². The summed E-state index contributed by atoms with van der Waals surface area (Å²) < 4.78 is 40.1. The van der Waals surface area contributed by atoms with Crippen LogP contribution in [0, 0.1) is 6.92 Å². The van der Waals surface area contributed by atoms with E-state index in [2.05, 4.69) is 4.98 Å². The largest absolute Gasteiger partial charge is 0.416 e. The maximum Gasteiger partial charge on any atom is 0.416 e. The molecule has 2 rings (SSSR count). The lowest BCUT2D eigenvalue weighted by Crippen LogP contribution is -2.21. The molecule has 0 fully saturated rings. The van der Waals surface area contributed by atoms with E-state index >= 15 is 0 Å². The van der Waals surface area contributed by atoms with Crippen LogP contribution in [0.4, 0.5) is 13.2 Å². The summed E-state index contributed by atoms with van der Waals surface area (Å²) in [5.74, 6) is 0.384. The van der Waals surface area contributed by atoms with E-state index in [1.165, 1.54) is 10.6 Å². The number of aryl methyl sites for hydroxylation is 2. The standard InChI is InChI=1S/C13H13F3N2O/c1-4-8-5-9-11(6-10(8)13(14,15)16)17-7(2)18(3)12(9)19/h5-6H,4H2,1-3H3. The van der Waals surface area contributed by atoms with Crippen LogP contribution in [-0.4, -0.2) is 9.55 Å². The topological polar surface area (TPSA) is 34.9 Å². The number of alkyl halides is 3. The van der Waals surface area contributed by atoms with Gasteiger partial charge in [0.1, 0.15) is 5.82 Å². The highest BCUT2D eigenvalue weighted by molar-refractivity contribution is 5.79. The van der Waals surface area contributed by atoms with E-state index in [0.717, 1.165) is 6.07 Å². The Kier molecular flexibility index (Phi) is 3.12. The minimum Gasteiger partial charge on any atom is -0.299 e. The van der Waals surface area contributed by atoms with E-state index in [4.69, 9.17) is 0 Å². The van der Waals surface area contributed by atoms with Crippen LogP contribution in [0.25, 0.3) is 10.9 Å². The Morgan fingerprint density at radius 2 is 1.95 bits per heavy atom. The molecule has 0 unspecified atom stereocenters. The van der Waals surface area contributed by atoms with E-state index in [-0.39, 0.29) is 28.4 Å². The van der Waals surface area contributed by atoms with Gasteiger partial charge in [-0.15, -0.1) is 0 Å². The summed E-state index contributed by atoms with van der Waals surface area (Å²) in [4.78, 5) is 16.1. The molecule has 0 saturated carbocycles. The second kappa shape index (κ2) is 4.36. The zero-order chi connectivity index (χ0) is 14.4. The fraction of sp³-hybridized carbons (Fsp3) is 0.385. The highest BCUT2D eigenvalue weighted by Crippen LogP contribution is 2.33. The van der Waals surface area contributed by atoms with Gasteiger partial charge in [-0.2, -0.15) is 13.2 Å². The number of nitrogens with zero attached hydrogens (tertiary/aromatic N) is 2. The lowest BCUT2D eigenvalue weighted by molar-refractivity contribution is -0.138. The third kappa shape index (κ3) is 2.22. The van der Waals surface area contributed by atoms with Gasteiger partial charge in [0.25, 0.3) is 5.56 Å². The van der Waals surface area contributed by atoms with Gasteiger partial charge in [0.05, 0.1) is 16.5 Å². The van der Waals surface area contributed by atoms with Gasteiger partial charge >= 0.3 is 6.18 Å². The number of rotatable bonds is 1. The normalized spacial score (nSPS) is 12.1. The van der Waals surface area contributed by atoms with Gasteiger partial charge in [-0.25, -0.2) is 4.98 Å². The van der Waals surface area contributed by atoms with Crippen molar-refractivity contribution in [2.75, 3.05) is 0 Å². The second-order valence-electron chi connectivity index (χ2n) is 4.40. The molecule has 19 heavy (non-hydrogen) atoms. The van der Waals surface area contributed by atoms with Gasteiger partial charge in [-0.1, -0.05) is 6.92 Å². The van der Waals surface area contributed by atoms with E-state index in [0.29, 0.717) is 5.82 Å². The molecule has 6 heteroatoms. The van der Waals surface area contributed by atoms with Crippen LogP contribution in [0.2, 0.25) is 0 Å². The molecule has 0 aliphatic carbocycles. The smallest absolute Gasteiger partial charge is 0.299 e. The van der Waals surface area contributed by atoms with Gasteiger partial charge in [0, 0.05) is 7.05 Å². The molecule has 2 aromatic rings. The first kappa shape index (κ1) is 13.6. The third-order valence-electron chi connectivity index (χ3n) is 3.21. The monoisotopic (exact) mass is 270 g/mol. The van der Waals surface area contributed by atoms with E-state index in [1.54, 1.807) is 20.9 Å². The SMILES string of the molecule is CCc1cc2c(=O)n(C)c(C)nc2cc1C(F)(F)F. The van der Waals surface area contributed by atoms with Gasteiger partial charge in [0.15, 0.2) is 0 Å². The van der Waals surface area contributed by atoms with Crippen molar-refractivity contribution in [3.05, 3.63) is 39.4 Å². The molecule has 0 radical (unpaired) electrons. The van der Waals surface area contributed by atoms with Crippen molar-refractivity contribution in [3.8, 4) is 0 Å². The van der Waals surface area contributed by atoms with Crippen molar-refractivity contribution in [1.82, 2.24) is 9.55 Å². The van der Waals surface area contributed by atoms with E-state index < -0.39 is 11.7 Å². The zero-order valence-corrected chi connectivity index (χ0v) is 10.8. The van der Waals surface area contributed by atoms with Crippen molar-refractivity contribution in [3.63, 3.8) is 0 Å². The quantitative estimate of drug-likeness (QED) is 0.798. The molecule has 0 bridgehead atoms. The lowest BCUT2D eigenvalue weighted by Gasteiger charge is -2.13. The Morgan fingerprint density at radius 3 is 2.47 bits per heavy atom. The van der Waals surface area contributed by atoms with Gasteiger partial charge in [0.2, 0.25) is 0 Å². The van der Waals surface area contributed by atoms with E-state index in [1.807, 2.05) is 0 Å².